The van der Waals surface area contributed by atoms with Crippen LogP contribution in [0.1, 0.15) is 20.7 Å². The first-order valence-corrected chi connectivity index (χ1v) is 7.50. The summed E-state index contributed by atoms with van der Waals surface area (Å²) < 4.78 is 0. The topological polar surface area (TPSA) is 113 Å². The normalized spacial score (nSPS) is 9.80. The van der Waals surface area contributed by atoms with Crippen LogP contribution >= 0.6 is 12.2 Å². The minimum atomic E-state index is -0.545. The Morgan fingerprint density at radius 1 is 0.960 bits per heavy atom. The van der Waals surface area contributed by atoms with Crippen molar-refractivity contribution in [1.82, 2.24) is 10.6 Å². The standard InChI is InChI=1S/C16H14N4O4S/c1-17-14(21)10-2-6-12(7-3-10)18-16(25)19-15(22)11-4-8-13(9-5-11)20(23)24/h2-9H,1H3,(H,17,21)(H2,18,19,22,25). The lowest BCUT2D eigenvalue weighted by Gasteiger charge is -2.10. The van der Waals surface area contributed by atoms with Gasteiger partial charge in [-0.2, -0.15) is 0 Å². The third-order valence-electron chi connectivity index (χ3n) is 3.20. The number of nitrogens with zero attached hydrogens (tertiary/aromatic N) is 1. The molecule has 0 radical (unpaired) electrons. The lowest BCUT2D eigenvalue weighted by atomic mass is 10.2. The second kappa shape index (κ2) is 7.97. The van der Waals surface area contributed by atoms with E-state index in [1.807, 2.05) is 0 Å². The number of non-ortho nitro benzene ring substituents is 1. The molecule has 0 bridgehead atoms. The Labute approximate surface area is 148 Å². The maximum Gasteiger partial charge on any atom is 0.269 e. The summed E-state index contributed by atoms with van der Waals surface area (Å²) in [4.78, 5) is 33.6. The summed E-state index contributed by atoms with van der Waals surface area (Å²) in [5.41, 5.74) is 1.23. The molecule has 0 saturated heterocycles. The van der Waals surface area contributed by atoms with E-state index in [4.69, 9.17) is 12.2 Å². The lowest BCUT2D eigenvalue weighted by molar-refractivity contribution is -0.384. The summed E-state index contributed by atoms with van der Waals surface area (Å²) in [6.07, 6.45) is 0. The van der Waals surface area contributed by atoms with Gasteiger partial charge in [-0.25, -0.2) is 0 Å². The van der Waals surface area contributed by atoms with E-state index in [1.165, 1.54) is 31.3 Å². The molecule has 0 fully saturated rings. The van der Waals surface area contributed by atoms with E-state index in [9.17, 15) is 19.7 Å². The van der Waals surface area contributed by atoms with Gasteiger partial charge in [-0.1, -0.05) is 0 Å². The average Bonchev–Trinajstić information content (AvgIpc) is 2.61. The summed E-state index contributed by atoms with van der Waals surface area (Å²) in [6, 6.07) is 11.7. The number of nitrogens with one attached hydrogen (secondary N) is 3. The molecule has 0 unspecified atom stereocenters. The fourth-order valence-corrected chi connectivity index (χ4v) is 2.13. The van der Waals surface area contributed by atoms with Gasteiger partial charge >= 0.3 is 0 Å². The van der Waals surface area contributed by atoms with E-state index in [0.717, 1.165) is 0 Å². The zero-order chi connectivity index (χ0) is 18.4. The van der Waals surface area contributed by atoms with E-state index in [2.05, 4.69) is 16.0 Å². The maximum absolute atomic E-state index is 12.0. The molecule has 2 rings (SSSR count). The fraction of sp³-hybridized carbons (Fsp3) is 0.0625. The Bertz CT molecular complexity index is 819. The van der Waals surface area contributed by atoms with Gasteiger partial charge in [-0.15, -0.1) is 0 Å². The molecule has 9 heteroatoms. The van der Waals surface area contributed by atoms with Crippen molar-refractivity contribution >= 4 is 40.5 Å². The highest BCUT2D eigenvalue weighted by molar-refractivity contribution is 7.80. The van der Waals surface area contributed by atoms with Crippen molar-refractivity contribution in [3.63, 3.8) is 0 Å². The number of anilines is 1. The molecular formula is C16H14N4O4S. The van der Waals surface area contributed by atoms with E-state index < -0.39 is 10.8 Å². The Morgan fingerprint density at radius 3 is 2.00 bits per heavy atom. The molecule has 0 aliphatic heterocycles. The van der Waals surface area contributed by atoms with Crippen LogP contribution in [0.2, 0.25) is 0 Å². The lowest BCUT2D eigenvalue weighted by Crippen LogP contribution is -2.34. The summed E-state index contributed by atoms with van der Waals surface area (Å²) in [6.45, 7) is 0. The van der Waals surface area contributed by atoms with Crippen molar-refractivity contribution in [1.29, 1.82) is 0 Å². The van der Waals surface area contributed by atoms with Crippen LogP contribution in [0.5, 0.6) is 0 Å². The van der Waals surface area contributed by atoms with Crippen LogP contribution in [0, 0.1) is 10.1 Å². The third-order valence-corrected chi connectivity index (χ3v) is 3.40. The third kappa shape index (κ3) is 4.82. The van der Waals surface area contributed by atoms with E-state index in [-0.39, 0.29) is 22.3 Å². The highest BCUT2D eigenvalue weighted by Gasteiger charge is 2.11. The number of carbonyl (C=O) groups excluding carboxylic acids is 2. The summed E-state index contributed by atoms with van der Waals surface area (Å²) in [5.74, 6) is -0.699. The van der Waals surface area contributed by atoms with E-state index in [0.29, 0.717) is 11.3 Å². The van der Waals surface area contributed by atoms with Gasteiger partial charge in [-0.05, 0) is 48.6 Å². The second-order valence-corrected chi connectivity index (χ2v) is 5.28. The van der Waals surface area contributed by atoms with Crippen molar-refractivity contribution in [2.45, 2.75) is 0 Å². The monoisotopic (exact) mass is 358 g/mol. The zero-order valence-electron chi connectivity index (χ0n) is 13.1. The highest BCUT2D eigenvalue weighted by Crippen LogP contribution is 2.12. The number of hydrogen-bond acceptors (Lipinski definition) is 5. The van der Waals surface area contributed by atoms with Crippen LogP contribution in [0.4, 0.5) is 11.4 Å². The van der Waals surface area contributed by atoms with Crippen LogP contribution < -0.4 is 16.0 Å². The van der Waals surface area contributed by atoms with Gasteiger partial charge in [0.15, 0.2) is 5.11 Å². The van der Waals surface area contributed by atoms with Gasteiger partial charge in [0.05, 0.1) is 4.92 Å². The zero-order valence-corrected chi connectivity index (χ0v) is 13.9. The summed E-state index contributed by atoms with van der Waals surface area (Å²) in [5, 5.41) is 18.5. The molecular weight excluding hydrogens is 344 g/mol. The Kier molecular flexibility index (Phi) is 5.75. The number of thiocarbonyl (C=S) groups is 1. The molecule has 2 aromatic carbocycles. The molecule has 0 spiro atoms. The van der Waals surface area contributed by atoms with Crippen LogP contribution in [0.3, 0.4) is 0 Å². The van der Waals surface area contributed by atoms with Gasteiger partial charge in [0.25, 0.3) is 17.5 Å². The summed E-state index contributed by atoms with van der Waals surface area (Å²) in [7, 11) is 1.54. The minimum Gasteiger partial charge on any atom is -0.355 e. The highest BCUT2D eigenvalue weighted by atomic mass is 32.1. The number of nitro groups is 1. The van der Waals surface area contributed by atoms with Gasteiger partial charge in [0.1, 0.15) is 0 Å². The molecule has 0 heterocycles. The number of carbonyl (C=O) groups is 2. The molecule has 0 atom stereocenters. The number of hydrogen-bond donors (Lipinski definition) is 3. The van der Waals surface area contributed by atoms with E-state index in [1.54, 1.807) is 24.3 Å². The first kappa shape index (κ1) is 18.0. The number of nitro benzene ring substituents is 1. The molecule has 2 amide bonds. The first-order valence-electron chi connectivity index (χ1n) is 7.09. The van der Waals surface area contributed by atoms with Crippen molar-refractivity contribution in [3.8, 4) is 0 Å². The second-order valence-electron chi connectivity index (χ2n) is 4.87. The number of rotatable bonds is 4. The molecule has 0 saturated carbocycles. The van der Waals surface area contributed by atoms with Crippen molar-refractivity contribution in [2.24, 2.45) is 0 Å². The Morgan fingerprint density at radius 2 is 1.48 bits per heavy atom. The first-order chi connectivity index (χ1) is 11.9. The molecule has 0 aromatic heterocycles. The minimum absolute atomic E-state index is 0.0658. The quantitative estimate of drug-likeness (QED) is 0.438. The molecule has 25 heavy (non-hydrogen) atoms. The van der Waals surface area contributed by atoms with Crippen LogP contribution in [0.25, 0.3) is 0 Å². The number of benzene rings is 2. The molecule has 128 valence electrons. The van der Waals surface area contributed by atoms with Crippen molar-refractivity contribution < 1.29 is 14.5 Å². The van der Waals surface area contributed by atoms with Crippen molar-refractivity contribution in [2.75, 3.05) is 12.4 Å². The van der Waals surface area contributed by atoms with Gasteiger partial charge in [0.2, 0.25) is 0 Å². The van der Waals surface area contributed by atoms with Gasteiger partial charge in [-0.3, -0.25) is 25.0 Å². The van der Waals surface area contributed by atoms with Gasteiger partial charge in [0, 0.05) is 36.0 Å². The molecule has 8 nitrogen and oxygen atoms in total. The van der Waals surface area contributed by atoms with Crippen LogP contribution in [0.15, 0.2) is 48.5 Å². The smallest absolute Gasteiger partial charge is 0.269 e. The summed E-state index contributed by atoms with van der Waals surface area (Å²) >= 11 is 5.06. The Balaban J connectivity index is 1.96. The SMILES string of the molecule is CNC(=O)c1ccc(NC(=S)NC(=O)c2ccc([N+](=O)[O-])cc2)cc1. The van der Waals surface area contributed by atoms with Crippen LogP contribution in [-0.2, 0) is 0 Å². The van der Waals surface area contributed by atoms with E-state index >= 15 is 0 Å². The molecule has 0 aliphatic rings. The van der Waals surface area contributed by atoms with Crippen molar-refractivity contribution in [3.05, 3.63) is 69.8 Å². The largest absolute Gasteiger partial charge is 0.355 e. The Hall–Kier alpha value is -3.33. The molecule has 3 N–H and O–H groups in total. The van der Waals surface area contributed by atoms with Crippen LogP contribution in [-0.4, -0.2) is 28.9 Å². The predicted octanol–water partition coefficient (Wildman–Crippen LogP) is 2.08. The molecule has 0 aliphatic carbocycles. The predicted molar refractivity (Wildman–Crippen MR) is 96.6 cm³/mol. The number of amides is 2. The average molecular weight is 358 g/mol. The maximum atomic E-state index is 12.0. The fourth-order valence-electron chi connectivity index (χ4n) is 1.92. The molecule has 2 aromatic rings. The van der Waals surface area contributed by atoms with Gasteiger partial charge < -0.3 is 10.6 Å².